The molecule has 0 unspecified atom stereocenters. The number of carbonyl (C=O) groups excluding carboxylic acids is 2. The highest BCUT2D eigenvalue weighted by Crippen LogP contribution is 2.54. The van der Waals surface area contributed by atoms with E-state index in [2.05, 4.69) is 0 Å². The van der Waals surface area contributed by atoms with E-state index in [9.17, 15) is 9.59 Å². The largest absolute Gasteiger partial charge is 0.449 e. The Kier molecular flexibility index (Phi) is 3.54. The number of carbonyl (C=O) groups is 2. The highest BCUT2D eigenvalue weighted by Gasteiger charge is 2.31. The van der Waals surface area contributed by atoms with Gasteiger partial charge in [0.05, 0.1) is 10.4 Å². The van der Waals surface area contributed by atoms with Crippen LogP contribution in [-0.4, -0.2) is 18.7 Å². The molecule has 3 rings (SSSR count). The lowest BCUT2D eigenvalue weighted by Gasteiger charge is -2.14. The van der Waals surface area contributed by atoms with Gasteiger partial charge in [0.2, 0.25) is 18.3 Å². The predicted octanol–water partition coefficient (Wildman–Crippen LogP) is 3.07. The second-order valence-electron chi connectivity index (χ2n) is 4.57. The number of fused-ring (bicyclic) bond motifs is 2. The minimum absolute atomic E-state index is 0.0776. The van der Waals surface area contributed by atoms with Crippen LogP contribution in [0.1, 0.15) is 13.8 Å². The highest BCUT2D eigenvalue weighted by molar-refractivity contribution is 6.36. The fourth-order valence-electron chi connectivity index (χ4n) is 2.28. The number of ether oxygens (including phenoxy) is 4. The van der Waals surface area contributed by atoms with Crippen LogP contribution in [0, 0.1) is 0 Å². The molecule has 0 spiro atoms. The van der Waals surface area contributed by atoms with Gasteiger partial charge in [0, 0.05) is 19.2 Å². The third-order valence-corrected chi connectivity index (χ3v) is 3.32. The summed E-state index contributed by atoms with van der Waals surface area (Å²) in [6.45, 7) is 2.47. The molecule has 6 nitrogen and oxygen atoms in total. The van der Waals surface area contributed by atoms with Gasteiger partial charge in [0.1, 0.15) is 0 Å². The Balaban J connectivity index is 2.40. The molecule has 2 aromatic rings. The van der Waals surface area contributed by atoms with E-state index in [-0.39, 0.29) is 29.8 Å². The molecule has 0 aliphatic carbocycles. The van der Waals surface area contributed by atoms with Crippen molar-refractivity contribution in [1.29, 1.82) is 0 Å². The van der Waals surface area contributed by atoms with E-state index in [1.165, 1.54) is 13.8 Å². The zero-order valence-electron chi connectivity index (χ0n) is 11.8. The van der Waals surface area contributed by atoms with Gasteiger partial charge in [-0.25, -0.2) is 0 Å². The molecule has 1 aliphatic heterocycles. The van der Waals surface area contributed by atoms with Crippen molar-refractivity contribution in [2.45, 2.75) is 13.8 Å². The van der Waals surface area contributed by atoms with Crippen LogP contribution in [0.5, 0.6) is 23.0 Å². The molecular formula is C15H11ClO6. The first-order valence-corrected chi connectivity index (χ1v) is 6.77. The Bertz CT molecular complexity index is 798. The summed E-state index contributed by atoms with van der Waals surface area (Å²) in [7, 11) is 0. The Morgan fingerprint density at radius 2 is 1.64 bits per heavy atom. The highest BCUT2D eigenvalue weighted by atomic mass is 35.5. The maximum atomic E-state index is 11.4. The molecule has 0 fully saturated rings. The van der Waals surface area contributed by atoms with E-state index in [4.69, 9.17) is 30.5 Å². The smallest absolute Gasteiger partial charge is 0.308 e. The summed E-state index contributed by atoms with van der Waals surface area (Å²) in [6.07, 6.45) is 0. The molecule has 0 atom stereocenters. The van der Waals surface area contributed by atoms with Crippen LogP contribution in [0.2, 0.25) is 5.02 Å². The second-order valence-corrected chi connectivity index (χ2v) is 4.98. The van der Waals surface area contributed by atoms with Crippen LogP contribution in [0.15, 0.2) is 18.2 Å². The van der Waals surface area contributed by atoms with Gasteiger partial charge in [-0.15, -0.1) is 0 Å². The summed E-state index contributed by atoms with van der Waals surface area (Å²) in [6, 6.07) is 5.02. The van der Waals surface area contributed by atoms with Crippen molar-refractivity contribution in [3.63, 3.8) is 0 Å². The Labute approximate surface area is 130 Å². The molecule has 0 amide bonds. The van der Waals surface area contributed by atoms with Crippen molar-refractivity contribution in [3.05, 3.63) is 23.2 Å². The van der Waals surface area contributed by atoms with Crippen molar-refractivity contribution in [2.24, 2.45) is 0 Å². The molecule has 0 radical (unpaired) electrons. The lowest BCUT2D eigenvalue weighted by molar-refractivity contribution is -0.133. The number of rotatable bonds is 2. The Morgan fingerprint density at radius 3 is 2.27 bits per heavy atom. The van der Waals surface area contributed by atoms with Crippen LogP contribution in [0.3, 0.4) is 0 Å². The fraction of sp³-hybridized carbons (Fsp3) is 0.200. The second kappa shape index (κ2) is 5.38. The lowest BCUT2D eigenvalue weighted by Crippen LogP contribution is -2.06. The molecule has 0 N–H and O–H groups in total. The van der Waals surface area contributed by atoms with Crippen LogP contribution in [0.4, 0.5) is 0 Å². The molecule has 0 saturated carbocycles. The monoisotopic (exact) mass is 322 g/mol. The summed E-state index contributed by atoms with van der Waals surface area (Å²) in [5, 5.41) is 1.24. The Hall–Kier alpha value is -2.47. The van der Waals surface area contributed by atoms with E-state index in [1.54, 1.807) is 18.2 Å². The van der Waals surface area contributed by atoms with Crippen molar-refractivity contribution >= 4 is 34.3 Å². The molecule has 0 bridgehead atoms. The first-order valence-electron chi connectivity index (χ1n) is 6.39. The molecule has 2 aromatic carbocycles. The van der Waals surface area contributed by atoms with Crippen LogP contribution in [0.25, 0.3) is 10.8 Å². The van der Waals surface area contributed by atoms with E-state index < -0.39 is 11.9 Å². The van der Waals surface area contributed by atoms with Gasteiger partial charge in [-0.3, -0.25) is 9.59 Å². The van der Waals surface area contributed by atoms with Crippen molar-refractivity contribution in [3.8, 4) is 23.0 Å². The number of hydrogen-bond acceptors (Lipinski definition) is 6. The normalized spacial score (nSPS) is 12.3. The minimum atomic E-state index is -0.529. The van der Waals surface area contributed by atoms with E-state index in [0.29, 0.717) is 15.8 Å². The summed E-state index contributed by atoms with van der Waals surface area (Å²) in [4.78, 5) is 22.8. The van der Waals surface area contributed by atoms with Crippen LogP contribution < -0.4 is 18.9 Å². The number of halogens is 1. The Morgan fingerprint density at radius 1 is 1.05 bits per heavy atom. The minimum Gasteiger partial charge on any atom is -0.449 e. The van der Waals surface area contributed by atoms with Crippen molar-refractivity contribution in [1.82, 2.24) is 0 Å². The van der Waals surface area contributed by atoms with Crippen molar-refractivity contribution in [2.75, 3.05) is 6.79 Å². The van der Waals surface area contributed by atoms with Crippen LogP contribution in [-0.2, 0) is 9.59 Å². The summed E-state index contributed by atoms with van der Waals surface area (Å²) in [5.41, 5.74) is 0. The average molecular weight is 323 g/mol. The molecule has 0 saturated heterocycles. The zero-order chi connectivity index (χ0) is 15.9. The van der Waals surface area contributed by atoms with Crippen LogP contribution >= 0.6 is 11.6 Å². The molecule has 22 heavy (non-hydrogen) atoms. The molecule has 1 heterocycles. The third kappa shape index (κ3) is 2.31. The molecule has 114 valence electrons. The number of esters is 2. The summed E-state index contributed by atoms with van der Waals surface area (Å²) < 4.78 is 21.2. The maximum absolute atomic E-state index is 11.4. The van der Waals surface area contributed by atoms with Crippen molar-refractivity contribution < 1.29 is 28.5 Å². The number of benzene rings is 2. The topological polar surface area (TPSA) is 71.1 Å². The van der Waals surface area contributed by atoms with Gasteiger partial charge in [-0.05, 0) is 6.07 Å². The summed E-state index contributed by atoms with van der Waals surface area (Å²) >= 11 is 6.23. The van der Waals surface area contributed by atoms with Gasteiger partial charge in [0.25, 0.3) is 0 Å². The quantitative estimate of drug-likeness (QED) is 0.625. The third-order valence-electron chi connectivity index (χ3n) is 3.00. The molecular weight excluding hydrogens is 312 g/mol. The first-order chi connectivity index (χ1) is 10.5. The zero-order valence-corrected chi connectivity index (χ0v) is 12.5. The maximum Gasteiger partial charge on any atom is 0.308 e. The van der Waals surface area contributed by atoms with Gasteiger partial charge in [-0.2, -0.15) is 0 Å². The predicted molar refractivity (Wildman–Crippen MR) is 77.7 cm³/mol. The van der Waals surface area contributed by atoms with Gasteiger partial charge >= 0.3 is 11.9 Å². The number of hydrogen-bond donors (Lipinski definition) is 0. The molecule has 7 heteroatoms. The van der Waals surface area contributed by atoms with E-state index >= 15 is 0 Å². The first kappa shape index (κ1) is 14.5. The van der Waals surface area contributed by atoms with Gasteiger partial charge in [-0.1, -0.05) is 23.7 Å². The van der Waals surface area contributed by atoms with Gasteiger partial charge in [0.15, 0.2) is 11.5 Å². The van der Waals surface area contributed by atoms with E-state index in [1.807, 2.05) is 0 Å². The molecule has 0 aromatic heterocycles. The standard InChI is InChI=1S/C15H11ClO6/c1-7(17)21-12-9-4-3-5-10(16)11(9)13(22-8(2)18)15-14(12)19-6-20-15/h3-5H,6H2,1-2H3. The summed E-state index contributed by atoms with van der Waals surface area (Å²) in [5.74, 6) is -0.309. The fourth-order valence-corrected chi connectivity index (χ4v) is 2.54. The lowest BCUT2D eigenvalue weighted by atomic mass is 10.1. The van der Waals surface area contributed by atoms with E-state index in [0.717, 1.165) is 0 Å². The SMILES string of the molecule is CC(=O)Oc1c2c(c(OC(C)=O)c3c(Cl)cccc13)OCO2. The van der Waals surface area contributed by atoms with Gasteiger partial charge < -0.3 is 18.9 Å². The molecule has 1 aliphatic rings. The average Bonchev–Trinajstić information content (AvgIpc) is 2.91.